The van der Waals surface area contributed by atoms with Crippen LogP contribution < -0.4 is 10.6 Å². The van der Waals surface area contributed by atoms with Gasteiger partial charge in [0.15, 0.2) is 0 Å². The number of hydrogen-bond donors (Lipinski definition) is 2. The third kappa shape index (κ3) is 5.41. The molecule has 0 spiro atoms. The summed E-state index contributed by atoms with van der Waals surface area (Å²) in [5.74, 6) is 1.84. The Labute approximate surface area is 107 Å². The highest BCUT2D eigenvalue weighted by Gasteiger charge is 2.11. The Hall–Kier alpha value is -0.750. The summed E-state index contributed by atoms with van der Waals surface area (Å²) >= 11 is 1.87. The van der Waals surface area contributed by atoms with E-state index in [1.807, 2.05) is 18.7 Å². The van der Waals surface area contributed by atoms with E-state index in [-0.39, 0.29) is 6.04 Å². The molecule has 1 aromatic heterocycles. The zero-order valence-corrected chi connectivity index (χ0v) is 11.6. The van der Waals surface area contributed by atoms with E-state index in [4.69, 9.17) is 4.42 Å². The van der Waals surface area contributed by atoms with Gasteiger partial charge in [-0.15, -0.1) is 5.10 Å². The second-order valence-corrected chi connectivity index (χ2v) is 4.84. The van der Waals surface area contributed by atoms with Gasteiger partial charge in [-0.3, -0.25) is 0 Å². The fourth-order valence-electron chi connectivity index (χ4n) is 1.44. The van der Waals surface area contributed by atoms with Gasteiger partial charge in [0.2, 0.25) is 5.89 Å². The van der Waals surface area contributed by atoms with Gasteiger partial charge < -0.3 is 15.1 Å². The molecule has 0 saturated carbocycles. The molecule has 17 heavy (non-hydrogen) atoms. The number of aromatic nitrogens is 2. The second kappa shape index (κ2) is 8.36. The zero-order chi connectivity index (χ0) is 12.5. The highest BCUT2D eigenvalue weighted by atomic mass is 32.2. The van der Waals surface area contributed by atoms with E-state index in [0.29, 0.717) is 11.9 Å². The van der Waals surface area contributed by atoms with Crippen molar-refractivity contribution in [3.05, 3.63) is 5.89 Å². The van der Waals surface area contributed by atoms with Crippen LogP contribution >= 0.6 is 11.8 Å². The van der Waals surface area contributed by atoms with Crippen molar-refractivity contribution in [3.8, 4) is 0 Å². The molecule has 0 aliphatic heterocycles. The smallest absolute Gasteiger partial charge is 0.315 e. The van der Waals surface area contributed by atoms with Gasteiger partial charge in [0, 0.05) is 6.54 Å². The average Bonchev–Trinajstić information content (AvgIpc) is 2.78. The monoisotopic (exact) mass is 258 g/mol. The summed E-state index contributed by atoms with van der Waals surface area (Å²) in [6.45, 7) is 5.84. The minimum absolute atomic E-state index is 0.111. The van der Waals surface area contributed by atoms with Gasteiger partial charge in [-0.05, 0) is 38.3 Å². The third-order valence-electron chi connectivity index (χ3n) is 2.37. The summed E-state index contributed by atoms with van der Waals surface area (Å²) in [5, 5.41) is 14.3. The largest absolute Gasteiger partial charge is 0.406 e. The first kappa shape index (κ1) is 14.3. The standard InChI is InChI=1S/C11H22N4OS/c1-4-12-9(2)10-14-15-11(16-10)13-7-5-6-8-17-3/h9,12H,4-8H2,1-3H3,(H,13,15). The Balaban J connectivity index is 2.25. The fraction of sp³-hybridized carbons (Fsp3) is 0.818. The van der Waals surface area contributed by atoms with Crippen molar-refractivity contribution in [2.45, 2.75) is 32.7 Å². The predicted molar refractivity (Wildman–Crippen MR) is 72.5 cm³/mol. The molecule has 0 saturated heterocycles. The molecule has 1 atom stereocenters. The summed E-state index contributed by atoms with van der Waals surface area (Å²) in [6, 6.07) is 0.633. The maximum absolute atomic E-state index is 5.50. The lowest BCUT2D eigenvalue weighted by molar-refractivity contribution is 0.428. The van der Waals surface area contributed by atoms with Gasteiger partial charge in [-0.25, -0.2) is 0 Å². The molecule has 0 bridgehead atoms. The third-order valence-corrected chi connectivity index (χ3v) is 3.07. The molecular weight excluding hydrogens is 236 g/mol. The van der Waals surface area contributed by atoms with E-state index in [0.717, 1.165) is 19.5 Å². The summed E-state index contributed by atoms with van der Waals surface area (Å²) in [4.78, 5) is 0. The van der Waals surface area contributed by atoms with Crippen LogP contribution in [0.5, 0.6) is 0 Å². The second-order valence-electron chi connectivity index (χ2n) is 3.85. The SMILES string of the molecule is CCNC(C)c1nnc(NCCCCSC)o1. The van der Waals surface area contributed by atoms with E-state index in [9.17, 15) is 0 Å². The van der Waals surface area contributed by atoms with Gasteiger partial charge in [0.25, 0.3) is 0 Å². The van der Waals surface area contributed by atoms with Crippen molar-refractivity contribution in [2.75, 3.05) is 30.4 Å². The van der Waals surface area contributed by atoms with Crippen LogP contribution in [0, 0.1) is 0 Å². The number of thioether (sulfide) groups is 1. The van der Waals surface area contributed by atoms with Crippen LogP contribution in [-0.4, -0.2) is 35.3 Å². The molecule has 0 radical (unpaired) electrons. The van der Waals surface area contributed by atoms with Crippen LogP contribution in [0.2, 0.25) is 0 Å². The Morgan fingerprint density at radius 2 is 2.18 bits per heavy atom. The summed E-state index contributed by atoms with van der Waals surface area (Å²) in [6.07, 6.45) is 4.46. The zero-order valence-electron chi connectivity index (χ0n) is 10.8. The summed E-state index contributed by atoms with van der Waals surface area (Å²) < 4.78 is 5.50. The van der Waals surface area contributed by atoms with E-state index >= 15 is 0 Å². The van der Waals surface area contributed by atoms with Crippen LogP contribution in [0.25, 0.3) is 0 Å². The minimum Gasteiger partial charge on any atom is -0.406 e. The van der Waals surface area contributed by atoms with Gasteiger partial charge in [0.1, 0.15) is 0 Å². The Morgan fingerprint density at radius 3 is 2.88 bits per heavy atom. The van der Waals surface area contributed by atoms with Crippen molar-refractivity contribution in [2.24, 2.45) is 0 Å². The van der Waals surface area contributed by atoms with Gasteiger partial charge in [0.05, 0.1) is 6.04 Å². The molecule has 1 heterocycles. The Kier molecular flexibility index (Phi) is 7.04. The van der Waals surface area contributed by atoms with E-state index < -0.39 is 0 Å². The van der Waals surface area contributed by atoms with Crippen molar-refractivity contribution >= 4 is 17.8 Å². The lowest BCUT2D eigenvalue weighted by Gasteiger charge is -2.05. The van der Waals surface area contributed by atoms with E-state index in [1.165, 1.54) is 12.2 Å². The molecule has 2 N–H and O–H groups in total. The number of nitrogens with one attached hydrogen (secondary N) is 2. The van der Waals surface area contributed by atoms with Gasteiger partial charge >= 0.3 is 6.01 Å². The van der Waals surface area contributed by atoms with Crippen LogP contribution in [0.1, 0.15) is 38.6 Å². The molecule has 5 nitrogen and oxygen atoms in total. The Morgan fingerprint density at radius 1 is 1.35 bits per heavy atom. The maximum Gasteiger partial charge on any atom is 0.315 e. The number of unbranched alkanes of at least 4 members (excludes halogenated alkanes) is 1. The molecule has 6 heteroatoms. The number of anilines is 1. The van der Waals surface area contributed by atoms with Crippen molar-refractivity contribution < 1.29 is 4.42 Å². The summed E-state index contributed by atoms with van der Waals surface area (Å²) in [7, 11) is 0. The molecule has 0 aliphatic rings. The molecule has 1 rings (SSSR count). The molecule has 0 fully saturated rings. The maximum atomic E-state index is 5.50. The predicted octanol–water partition coefficient (Wildman–Crippen LogP) is 2.30. The fourth-order valence-corrected chi connectivity index (χ4v) is 1.93. The molecule has 98 valence electrons. The number of hydrogen-bond acceptors (Lipinski definition) is 6. The molecule has 0 aliphatic carbocycles. The molecule has 0 aromatic carbocycles. The van der Waals surface area contributed by atoms with Crippen molar-refractivity contribution in [1.82, 2.24) is 15.5 Å². The Bertz CT molecular complexity index is 305. The highest BCUT2D eigenvalue weighted by Crippen LogP contribution is 2.13. The van der Waals surface area contributed by atoms with Crippen molar-refractivity contribution in [3.63, 3.8) is 0 Å². The van der Waals surface area contributed by atoms with E-state index in [2.05, 4.69) is 34.0 Å². The lowest BCUT2D eigenvalue weighted by Crippen LogP contribution is -2.17. The molecule has 1 aromatic rings. The van der Waals surface area contributed by atoms with Crippen molar-refractivity contribution in [1.29, 1.82) is 0 Å². The quantitative estimate of drug-likeness (QED) is 0.663. The average molecular weight is 258 g/mol. The summed E-state index contributed by atoms with van der Waals surface area (Å²) in [5.41, 5.74) is 0. The van der Waals surface area contributed by atoms with Gasteiger partial charge in [-0.1, -0.05) is 12.0 Å². The molecular formula is C11H22N4OS. The van der Waals surface area contributed by atoms with Gasteiger partial charge in [-0.2, -0.15) is 11.8 Å². The topological polar surface area (TPSA) is 63.0 Å². The number of nitrogens with zero attached hydrogens (tertiary/aromatic N) is 2. The number of rotatable bonds is 9. The van der Waals surface area contributed by atoms with Crippen LogP contribution in [0.3, 0.4) is 0 Å². The first-order valence-corrected chi connectivity index (χ1v) is 7.47. The molecule has 1 unspecified atom stereocenters. The van der Waals surface area contributed by atoms with E-state index in [1.54, 1.807) is 0 Å². The van der Waals surface area contributed by atoms with Crippen LogP contribution in [-0.2, 0) is 0 Å². The van der Waals surface area contributed by atoms with Crippen LogP contribution in [0.4, 0.5) is 6.01 Å². The normalized spacial score (nSPS) is 12.6. The first-order valence-electron chi connectivity index (χ1n) is 6.07. The van der Waals surface area contributed by atoms with Crippen LogP contribution in [0.15, 0.2) is 4.42 Å². The highest BCUT2D eigenvalue weighted by molar-refractivity contribution is 7.98. The molecule has 0 amide bonds. The minimum atomic E-state index is 0.111. The lowest BCUT2D eigenvalue weighted by atomic mass is 10.3. The first-order chi connectivity index (χ1) is 8.27.